The second kappa shape index (κ2) is 8.89. The maximum absolute atomic E-state index is 13.0. The van der Waals surface area contributed by atoms with Gasteiger partial charge in [0.15, 0.2) is 11.5 Å². The van der Waals surface area contributed by atoms with E-state index in [2.05, 4.69) is 15.9 Å². The van der Waals surface area contributed by atoms with Gasteiger partial charge >= 0.3 is 5.97 Å². The monoisotopic (exact) mass is 518 g/mol. The number of aliphatic hydroxyl groups is 1. The van der Waals surface area contributed by atoms with Crippen LogP contribution < -0.4 is 0 Å². The number of aliphatic hydroxyl groups excluding tert-OH is 1. The fourth-order valence-electron chi connectivity index (χ4n) is 2.98. The molecule has 2 aromatic rings. The van der Waals surface area contributed by atoms with Crippen LogP contribution in [0.4, 0.5) is 5.69 Å². The molecule has 0 spiro atoms. The Bertz CT molecular complexity index is 1100. The van der Waals surface area contributed by atoms with Gasteiger partial charge in [-0.3, -0.25) is 19.7 Å². The molecule has 1 N–H and O–H groups in total. The Morgan fingerprint density at radius 2 is 2.00 bits per heavy atom. The van der Waals surface area contributed by atoms with Crippen LogP contribution in [0.1, 0.15) is 16.1 Å². The van der Waals surface area contributed by atoms with Crippen LogP contribution in [0, 0.1) is 10.1 Å². The molecule has 1 aromatic carbocycles. The molecule has 2 heterocycles. The molecule has 1 aliphatic heterocycles. The zero-order chi connectivity index (χ0) is 22.1. The average molecular weight is 519 g/mol. The number of Topliss-reactive ketones (excluding diaryl/α,β-unsaturated/α-hetero) is 1. The van der Waals surface area contributed by atoms with E-state index in [1.807, 2.05) is 0 Å². The van der Waals surface area contributed by atoms with Crippen molar-refractivity contribution >= 4 is 54.7 Å². The van der Waals surface area contributed by atoms with Gasteiger partial charge in [0, 0.05) is 19.0 Å². The molecule has 3 rings (SSSR count). The first-order chi connectivity index (χ1) is 14.1. The summed E-state index contributed by atoms with van der Waals surface area (Å²) in [5.41, 5.74) is -0.649. The lowest BCUT2D eigenvalue weighted by molar-refractivity contribution is -0.387. The number of hydrogen-bond donors (Lipinski definition) is 1. The number of nitro benzene ring substituents is 1. The topological polar surface area (TPSA) is 144 Å². The number of thiophene rings is 1. The standard InChI is InChI=1S/C17H15BrN2O8S2/c18-16-6-5-14(29-16)13(22)9-28-17(23)12-7-10(21)8-19(12)30(26,27)15-4-2-1-3-11(15)20(24)25/h1-6,10,12,21H,7-9H2/t10?,12-/m0/s1. The number of benzene rings is 1. The van der Waals surface area contributed by atoms with Gasteiger partial charge in [-0.1, -0.05) is 12.1 Å². The fraction of sp³-hybridized carbons (Fsp3) is 0.294. The number of hydrogen-bond acceptors (Lipinski definition) is 9. The number of halogens is 1. The van der Waals surface area contributed by atoms with E-state index in [4.69, 9.17) is 4.74 Å². The van der Waals surface area contributed by atoms with Crippen molar-refractivity contribution in [3.05, 3.63) is 55.2 Å². The largest absolute Gasteiger partial charge is 0.456 e. The van der Waals surface area contributed by atoms with E-state index in [0.717, 1.165) is 27.3 Å². The maximum Gasteiger partial charge on any atom is 0.325 e. The summed E-state index contributed by atoms with van der Waals surface area (Å²) >= 11 is 4.37. The van der Waals surface area contributed by atoms with E-state index < -0.39 is 62.6 Å². The Hall–Kier alpha value is -2.19. The number of sulfonamides is 1. The maximum atomic E-state index is 13.0. The highest BCUT2D eigenvalue weighted by Crippen LogP contribution is 2.32. The van der Waals surface area contributed by atoms with Crippen molar-refractivity contribution < 1.29 is 32.8 Å². The number of carbonyl (C=O) groups is 2. The highest BCUT2D eigenvalue weighted by atomic mass is 79.9. The molecule has 1 fully saturated rings. The quantitative estimate of drug-likeness (QED) is 0.253. The third kappa shape index (κ3) is 4.59. The van der Waals surface area contributed by atoms with Gasteiger partial charge in [0.05, 0.1) is 19.7 Å². The lowest BCUT2D eigenvalue weighted by Crippen LogP contribution is -2.42. The molecule has 2 atom stereocenters. The number of para-hydroxylation sites is 1. The van der Waals surface area contributed by atoms with Gasteiger partial charge in [-0.2, -0.15) is 4.31 Å². The number of ketones is 1. The molecule has 0 saturated carbocycles. The molecule has 10 nitrogen and oxygen atoms in total. The van der Waals surface area contributed by atoms with Gasteiger partial charge in [0.2, 0.25) is 5.78 Å². The van der Waals surface area contributed by atoms with Crippen LogP contribution in [0.25, 0.3) is 0 Å². The minimum absolute atomic E-state index is 0.253. The van der Waals surface area contributed by atoms with Gasteiger partial charge in [0.1, 0.15) is 6.04 Å². The van der Waals surface area contributed by atoms with Crippen molar-refractivity contribution in [2.24, 2.45) is 0 Å². The molecule has 1 aromatic heterocycles. The second-order valence-corrected chi connectivity index (χ2v) is 10.7. The van der Waals surface area contributed by atoms with Crippen molar-refractivity contribution in [2.75, 3.05) is 13.2 Å². The SMILES string of the molecule is O=C(COC(=O)[C@@H]1CC(O)CN1S(=O)(=O)c1ccccc1[N+](=O)[O-])c1ccc(Br)s1. The molecule has 30 heavy (non-hydrogen) atoms. The first-order valence-corrected chi connectivity index (χ1v) is 11.5. The van der Waals surface area contributed by atoms with Gasteiger partial charge in [-0.15, -0.1) is 11.3 Å². The lowest BCUT2D eigenvalue weighted by atomic mass is 10.2. The third-order valence-electron chi connectivity index (χ3n) is 4.35. The number of nitrogens with zero attached hydrogens (tertiary/aromatic N) is 2. The molecule has 160 valence electrons. The van der Waals surface area contributed by atoms with Crippen molar-refractivity contribution in [3.8, 4) is 0 Å². The average Bonchev–Trinajstić information content (AvgIpc) is 3.32. The van der Waals surface area contributed by atoms with Crippen molar-refractivity contribution in [1.82, 2.24) is 4.31 Å². The Kier molecular flexibility index (Phi) is 6.67. The number of ether oxygens (including phenoxy) is 1. The molecule has 1 aliphatic rings. The molecule has 0 radical (unpaired) electrons. The molecule has 1 unspecified atom stereocenters. The van der Waals surface area contributed by atoms with Crippen molar-refractivity contribution in [3.63, 3.8) is 0 Å². The van der Waals surface area contributed by atoms with Gasteiger partial charge < -0.3 is 9.84 Å². The molecule has 13 heteroatoms. The van der Waals surface area contributed by atoms with Crippen LogP contribution in [0.3, 0.4) is 0 Å². The summed E-state index contributed by atoms with van der Waals surface area (Å²) in [5.74, 6) is -1.48. The zero-order valence-corrected chi connectivity index (χ0v) is 18.4. The van der Waals surface area contributed by atoms with E-state index >= 15 is 0 Å². The Morgan fingerprint density at radius 3 is 2.63 bits per heavy atom. The molecule has 1 saturated heterocycles. The minimum atomic E-state index is -4.49. The number of nitro groups is 1. The molecular weight excluding hydrogens is 504 g/mol. The number of rotatable bonds is 7. The van der Waals surface area contributed by atoms with Crippen LogP contribution in [0.5, 0.6) is 0 Å². The Morgan fingerprint density at radius 1 is 1.30 bits per heavy atom. The predicted octanol–water partition coefficient (Wildman–Crippen LogP) is 1.97. The molecule has 0 bridgehead atoms. The van der Waals surface area contributed by atoms with E-state index in [1.54, 1.807) is 12.1 Å². The summed E-state index contributed by atoms with van der Waals surface area (Å²) in [5, 5.41) is 21.2. The summed E-state index contributed by atoms with van der Waals surface area (Å²) in [4.78, 5) is 34.8. The third-order valence-corrected chi connectivity index (χ3v) is 7.93. The number of carbonyl (C=O) groups excluding carboxylic acids is 2. The highest BCUT2D eigenvalue weighted by molar-refractivity contribution is 9.11. The van der Waals surface area contributed by atoms with Crippen LogP contribution in [-0.4, -0.2) is 59.8 Å². The second-order valence-electron chi connectivity index (χ2n) is 6.34. The Balaban J connectivity index is 1.80. The fourth-order valence-corrected chi connectivity index (χ4v) is 6.08. The smallest absolute Gasteiger partial charge is 0.325 e. The van der Waals surface area contributed by atoms with Crippen LogP contribution in [0.2, 0.25) is 0 Å². The van der Waals surface area contributed by atoms with E-state index in [1.165, 1.54) is 12.1 Å². The number of esters is 1. The highest BCUT2D eigenvalue weighted by Gasteiger charge is 2.46. The summed E-state index contributed by atoms with van der Waals surface area (Å²) in [6.45, 7) is -1.03. The normalized spacial score (nSPS) is 19.5. The summed E-state index contributed by atoms with van der Waals surface area (Å²) in [7, 11) is -4.49. The van der Waals surface area contributed by atoms with E-state index in [-0.39, 0.29) is 6.42 Å². The predicted molar refractivity (Wildman–Crippen MR) is 109 cm³/mol. The van der Waals surface area contributed by atoms with Crippen molar-refractivity contribution in [1.29, 1.82) is 0 Å². The molecule has 0 aliphatic carbocycles. The van der Waals surface area contributed by atoms with E-state index in [9.17, 15) is 33.2 Å². The first-order valence-electron chi connectivity index (χ1n) is 8.49. The lowest BCUT2D eigenvalue weighted by Gasteiger charge is -2.22. The summed E-state index contributed by atoms with van der Waals surface area (Å²) in [6.07, 6.45) is -1.42. The van der Waals surface area contributed by atoms with Gasteiger partial charge in [-0.05, 0) is 34.1 Å². The van der Waals surface area contributed by atoms with Crippen molar-refractivity contribution in [2.45, 2.75) is 23.5 Å². The van der Waals surface area contributed by atoms with Crippen LogP contribution in [0.15, 0.2) is 45.1 Å². The molecular formula is C17H15BrN2O8S2. The van der Waals surface area contributed by atoms with Crippen LogP contribution >= 0.6 is 27.3 Å². The van der Waals surface area contributed by atoms with Crippen LogP contribution in [-0.2, 0) is 19.6 Å². The van der Waals surface area contributed by atoms with Gasteiger partial charge in [-0.25, -0.2) is 8.42 Å². The number of β-amino-alcohol motifs (C(OH)–C–C–N with tert-alkyl or cyclic N) is 1. The summed E-state index contributed by atoms with van der Waals surface area (Å²) < 4.78 is 32.4. The summed E-state index contributed by atoms with van der Waals surface area (Å²) in [6, 6.07) is 6.52. The Labute approximate surface area is 183 Å². The zero-order valence-electron chi connectivity index (χ0n) is 15.1. The first kappa shape index (κ1) is 22.5. The minimum Gasteiger partial charge on any atom is -0.456 e. The van der Waals surface area contributed by atoms with Gasteiger partial charge in [0.25, 0.3) is 15.7 Å². The van der Waals surface area contributed by atoms with E-state index in [0.29, 0.717) is 9.18 Å². The molecule has 0 amide bonds.